The van der Waals surface area contributed by atoms with E-state index in [9.17, 15) is 4.39 Å². The van der Waals surface area contributed by atoms with Crippen molar-refractivity contribution in [2.45, 2.75) is 30.5 Å². The third-order valence-corrected chi connectivity index (χ3v) is 5.64. The fraction of sp³-hybridized carbons (Fsp3) is 0.571. The van der Waals surface area contributed by atoms with Crippen LogP contribution in [-0.2, 0) is 6.42 Å². The normalized spacial score (nSPS) is 32.3. The average molecular weight is 318 g/mol. The van der Waals surface area contributed by atoms with Gasteiger partial charge in [0.05, 0.1) is 0 Å². The van der Waals surface area contributed by atoms with Crippen molar-refractivity contribution in [2.24, 2.45) is 17.8 Å². The SMILES string of the molecule is Fc1cccc(Cl)c1CC(Br)C1C2CCCC21. The predicted molar refractivity (Wildman–Crippen MR) is 72.2 cm³/mol. The van der Waals surface area contributed by atoms with Crippen LogP contribution >= 0.6 is 27.5 Å². The highest BCUT2D eigenvalue weighted by molar-refractivity contribution is 9.09. The molecule has 0 bridgehead atoms. The number of fused-ring (bicyclic) bond motifs is 1. The van der Waals surface area contributed by atoms with E-state index in [0.29, 0.717) is 21.8 Å². The first-order valence-electron chi connectivity index (χ1n) is 6.25. The summed E-state index contributed by atoms with van der Waals surface area (Å²) in [4.78, 5) is 0.382. The topological polar surface area (TPSA) is 0 Å². The van der Waals surface area contributed by atoms with Gasteiger partial charge in [-0.3, -0.25) is 0 Å². The van der Waals surface area contributed by atoms with Crippen molar-refractivity contribution in [3.63, 3.8) is 0 Å². The van der Waals surface area contributed by atoms with Gasteiger partial charge in [0.2, 0.25) is 0 Å². The molecule has 0 saturated heterocycles. The minimum Gasteiger partial charge on any atom is -0.207 e. The first kappa shape index (κ1) is 12.0. The number of hydrogen-bond donors (Lipinski definition) is 0. The Labute approximate surface area is 115 Å². The molecule has 3 rings (SSSR count). The van der Waals surface area contributed by atoms with Crippen molar-refractivity contribution >= 4 is 27.5 Å². The molecule has 3 atom stereocenters. The van der Waals surface area contributed by atoms with Crippen LogP contribution in [0.4, 0.5) is 4.39 Å². The van der Waals surface area contributed by atoms with Crippen LogP contribution in [0.5, 0.6) is 0 Å². The molecule has 0 nitrogen and oxygen atoms in total. The fourth-order valence-corrected chi connectivity index (χ4v) is 4.82. The summed E-state index contributed by atoms with van der Waals surface area (Å²) in [6.45, 7) is 0. The van der Waals surface area contributed by atoms with Gasteiger partial charge in [0, 0.05) is 15.4 Å². The zero-order chi connectivity index (χ0) is 12.0. The molecule has 3 heteroatoms. The average Bonchev–Trinajstić information content (AvgIpc) is 2.78. The van der Waals surface area contributed by atoms with Crippen LogP contribution in [0.25, 0.3) is 0 Å². The second-order valence-electron chi connectivity index (χ2n) is 5.26. The van der Waals surface area contributed by atoms with Crippen LogP contribution in [0.1, 0.15) is 24.8 Å². The lowest BCUT2D eigenvalue weighted by atomic mass is 10.0. The van der Waals surface area contributed by atoms with Gasteiger partial charge in [-0.2, -0.15) is 0 Å². The molecule has 2 fully saturated rings. The van der Waals surface area contributed by atoms with E-state index in [0.717, 1.165) is 17.8 Å². The smallest absolute Gasteiger partial charge is 0.127 e. The highest BCUT2D eigenvalue weighted by Crippen LogP contribution is 2.60. The molecule has 1 aromatic rings. The maximum atomic E-state index is 13.7. The van der Waals surface area contributed by atoms with Gasteiger partial charge in [0.15, 0.2) is 0 Å². The van der Waals surface area contributed by atoms with E-state index in [1.807, 2.05) is 0 Å². The molecular formula is C14H15BrClF. The largest absolute Gasteiger partial charge is 0.207 e. The number of rotatable bonds is 3. The standard InChI is InChI=1S/C14H15BrClF/c15-11(14-8-3-1-4-9(8)14)7-10-12(16)5-2-6-13(10)17/h2,5-6,8-9,11,14H,1,3-4,7H2. The third-order valence-electron chi connectivity index (χ3n) is 4.35. The lowest BCUT2D eigenvalue weighted by Crippen LogP contribution is -2.11. The van der Waals surface area contributed by atoms with Crippen molar-refractivity contribution in [2.75, 3.05) is 0 Å². The fourth-order valence-electron chi connectivity index (χ4n) is 3.47. The van der Waals surface area contributed by atoms with E-state index in [-0.39, 0.29) is 5.82 Å². The van der Waals surface area contributed by atoms with E-state index < -0.39 is 0 Å². The molecule has 92 valence electrons. The number of benzene rings is 1. The second-order valence-corrected chi connectivity index (χ2v) is 6.84. The highest BCUT2D eigenvalue weighted by Gasteiger charge is 2.55. The van der Waals surface area contributed by atoms with E-state index in [1.54, 1.807) is 12.1 Å². The Balaban J connectivity index is 1.71. The number of alkyl halides is 1. The van der Waals surface area contributed by atoms with Gasteiger partial charge in [-0.15, -0.1) is 0 Å². The van der Waals surface area contributed by atoms with Gasteiger partial charge in [-0.1, -0.05) is 40.0 Å². The van der Waals surface area contributed by atoms with Crippen molar-refractivity contribution in [1.82, 2.24) is 0 Å². The molecule has 0 amide bonds. The quantitative estimate of drug-likeness (QED) is 0.700. The summed E-state index contributed by atoms with van der Waals surface area (Å²) in [5.74, 6) is 2.36. The molecule has 0 aromatic heterocycles. The Morgan fingerprint density at radius 1 is 1.35 bits per heavy atom. The summed E-state index contributed by atoms with van der Waals surface area (Å²) in [5.41, 5.74) is 0.668. The molecule has 17 heavy (non-hydrogen) atoms. The predicted octanol–water partition coefficient (Wildman–Crippen LogP) is 4.83. The molecular weight excluding hydrogens is 303 g/mol. The van der Waals surface area contributed by atoms with Crippen molar-refractivity contribution in [3.05, 3.63) is 34.6 Å². The zero-order valence-corrected chi connectivity index (χ0v) is 11.8. The highest BCUT2D eigenvalue weighted by atomic mass is 79.9. The molecule has 0 heterocycles. The van der Waals surface area contributed by atoms with Crippen LogP contribution in [0, 0.1) is 23.6 Å². The van der Waals surface area contributed by atoms with E-state index in [4.69, 9.17) is 11.6 Å². The van der Waals surface area contributed by atoms with Crippen LogP contribution in [0.2, 0.25) is 5.02 Å². The zero-order valence-electron chi connectivity index (χ0n) is 9.50. The van der Waals surface area contributed by atoms with Gasteiger partial charge in [0.1, 0.15) is 5.82 Å². The molecule has 0 N–H and O–H groups in total. The van der Waals surface area contributed by atoms with Crippen molar-refractivity contribution in [1.29, 1.82) is 0 Å². The summed E-state index contributed by atoms with van der Waals surface area (Å²) in [5, 5.41) is 0.556. The monoisotopic (exact) mass is 316 g/mol. The van der Waals surface area contributed by atoms with E-state index in [1.165, 1.54) is 25.3 Å². The number of hydrogen-bond acceptors (Lipinski definition) is 0. The number of halogens is 3. The van der Waals surface area contributed by atoms with E-state index >= 15 is 0 Å². The van der Waals surface area contributed by atoms with Gasteiger partial charge in [-0.05, 0) is 49.1 Å². The molecule has 0 spiro atoms. The third kappa shape index (κ3) is 2.15. The van der Waals surface area contributed by atoms with Crippen LogP contribution in [0.3, 0.4) is 0 Å². The second kappa shape index (κ2) is 4.55. The summed E-state index contributed by atoms with van der Waals surface area (Å²) >= 11 is 9.80. The Morgan fingerprint density at radius 2 is 2.06 bits per heavy atom. The van der Waals surface area contributed by atoms with Crippen molar-refractivity contribution < 1.29 is 4.39 Å². The van der Waals surface area contributed by atoms with Crippen molar-refractivity contribution in [3.8, 4) is 0 Å². The van der Waals surface area contributed by atoms with Crippen LogP contribution < -0.4 is 0 Å². The summed E-state index contributed by atoms with van der Waals surface area (Å²) in [6, 6.07) is 4.93. The first-order chi connectivity index (χ1) is 8.18. The molecule has 2 aliphatic rings. The Hall–Kier alpha value is -0.0800. The molecule has 0 aliphatic heterocycles. The summed E-state index contributed by atoms with van der Waals surface area (Å²) in [6.07, 6.45) is 4.82. The Morgan fingerprint density at radius 3 is 2.71 bits per heavy atom. The molecule has 2 aliphatic carbocycles. The van der Waals surface area contributed by atoms with E-state index in [2.05, 4.69) is 15.9 Å². The summed E-state index contributed by atoms with van der Waals surface area (Å²) in [7, 11) is 0. The van der Waals surface area contributed by atoms with Crippen LogP contribution in [0.15, 0.2) is 18.2 Å². The Bertz CT molecular complexity index is 404. The Kier molecular flexibility index (Phi) is 3.20. The lowest BCUT2D eigenvalue weighted by Gasteiger charge is -2.13. The van der Waals surface area contributed by atoms with Gasteiger partial charge >= 0.3 is 0 Å². The maximum Gasteiger partial charge on any atom is 0.127 e. The lowest BCUT2D eigenvalue weighted by molar-refractivity contribution is 0.554. The maximum absolute atomic E-state index is 13.7. The minimum atomic E-state index is -0.173. The van der Waals surface area contributed by atoms with Crippen LogP contribution in [-0.4, -0.2) is 4.83 Å². The molecule has 2 saturated carbocycles. The van der Waals surface area contributed by atoms with Gasteiger partial charge in [-0.25, -0.2) is 4.39 Å². The molecule has 3 unspecified atom stereocenters. The van der Waals surface area contributed by atoms with Gasteiger partial charge < -0.3 is 0 Å². The summed E-state index contributed by atoms with van der Waals surface area (Å²) < 4.78 is 13.7. The van der Waals surface area contributed by atoms with Gasteiger partial charge in [0.25, 0.3) is 0 Å². The molecule has 0 radical (unpaired) electrons. The first-order valence-corrected chi connectivity index (χ1v) is 7.55. The minimum absolute atomic E-state index is 0.173. The molecule has 1 aromatic carbocycles.